The summed E-state index contributed by atoms with van der Waals surface area (Å²) in [4.78, 5) is 8.01. The number of H-pyrrole nitrogens is 1. The summed E-state index contributed by atoms with van der Waals surface area (Å²) in [5.74, 6) is 1.53. The van der Waals surface area contributed by atoms with Gasteiger partial charge in [-0.05, 0) is 82.1 Å². The zero-order valence-corrected chi connectivity index (χ0v) is 24.4. The highest BCUT2D eigenvalue weighted by Crippen LogP contribution is 2.36. The van der Waals surface area contributed by atoms with Gasteiger partial charge in [0.25, 0.3) is 0 Å². The minimum Gasteiger partial charge on any atom is -0.354 e. The molecule has 1 atom stereocenters. The van der Waals surface area contributed by atoms with Crippen molar-refractivity contribution in [3.63, 3.8) is 0 Å². The zero-order valence-electron chi connectivity index (χ0n) is 24.4. The third-order valence-corrected chi connectivity index (χ3v) is 6.71. The van der Waals surface area contributed by atoms with Crippen molar-refractivity contribution in [2.24, 2.45) is 10.9 Å². The fraction of sp³-hybridized carbons (Fsp3) is 0.485. The van der Waals surface area contributed by atoms with E-state index in [2.05, 4.69) is 82.1 Å². The lowest BCUT2D eigenvalue weighted by Crippen LogP contribution is -2.16. The van der Waals surface area contributed by atoms with Crippen molar-refractivity contribution in [2.75, 3.05) is 5.32 Å². The van der Waals surface area contributed by atoms with Crippen molar-refractivity contribution < 1.29 is 0 Å². The summed E-state index contributed by atoms with van der Waals surface area (Å²) >= 11 is 0. The monoisotopic (exact) mass is 489 g/mol. The zero-order chi connectivity index (χ0) is 27.1. The summed E-state index contributed by atoms with van der Waals surface area (Å²) in [6.45, 7) is 26.2. The largest absolute Gasteiger partial charge is 0.354 e. The minimum atomic E-state index is 0.762. The molecular weight excluding hydrogens is 438 g/mol. The normalized spacial score (nSPS) is 15.2. The lowest BCUT2D eigenvalue weighted by molar-refractivity contribution is 0.432. The summed E-state index contributed by atoms with van der Waals surface area (Å²) in [5, 5.41) is 5.28. The highest BCUT2D eigenvalue weighted by molar-refractivity contribution is 6.06. The Kier molecular flexibility index (Phi) is 14.6. The SMILES string of the molecule is C=c1[nH]c(=C)c(C(=C(/C)CCC(CC)CCC)/C(=C/C)C(=C\CC)/CC)c1NC(/C=C\C)=N/C=C\C. The summed E-state index contributed by atoms with van der Waals surface area (Å²) in [6.07, 6.45) is 20.4. The van der Waals surface area contributed by atoms with E-state index in [4.69, 9.17) is 0 Å². The third-order valence-electron chi connectivity index (χ3n) is 6.71. The number of aromatic amines is 1. The molecule has 1 aromatic rings. The van der Waals surface area contributed by atoms with Gasteiger partial charge < -0.3 is 10.3 Å². The Labute approximate surface area is 221 Å². The highest BCUT2D eigenvalue weighted by atomic mass is 15.0. The topological polar surface area (TPSA) is 40.2 Å². The summed E-state index contributed by atoms with van der Waals surface area (Å²) < 4.78 is 0. The van der Waals surface area contributed by atoms with Gasteiger partial charge in [0.05, 0.1) is 11.0 Å². The van der Waals surface area contributed by atoms with E-state index >= 15 is 0 Å². The third kappa shape index (κ3) is 8.69. The van der Waals surface area contributed by atoms with Crippen LogP contribution in [0.1, 0.15) is 106 Å². The number of aromatic nitrogens is 1. The van der Waals surface area contributed by atoms with Crippen molar-refractivity contribution >= 4 is 30.3 Å². The molecule has 3 heteroatoms. The molecular formula is C33H51N3. The Balaban J connectivity index is 3.87. The predicted molar refractivity (Wildman–Crippen MR) is 165 cm³/mol. The minimum absolute atomic E-state index is 0.762. The Morgan fingerprint density at radius 3 is 2.28 bits per heavy atom. The molecule has 0 aliphatic carbocycles. The first-order valence-corrected chi connectivity index (χ1v) is 13.9. The highest BCUT2D eigenvalue weighted by Gasteiger charge is 2.21. The summed E-state index contributed by atoms with van der Waals surface area (Å²) in [5.41, 5.74) is 7.39. The lowest BCUT2D eigenvalue weighted by Gasteiger charge is -2.21. The molecule has 0 bridgehead atoms. The fourth-order valence-electron chi connectivity index (χ4n) is 4.85. The lowest BCUT2D eigenvalue weighted by atomic mass is 9.84. The summed E-state index contributed by atoms with van der Waals surface area (Å²) in [7, 11) is 0. The first kappa shape index (κ1) is 31.2. The number of allylic oxidation sites excluding steroid dienone is 8. The molecule has 1 aromatic heterocycles. The second kappa shape index (κ2) is 16.8. The first-order chi connectivity index (χ1) is 17.3. The number of hydrogen-bond donors (Lipinski definition) is 2. The van der Waals surface area contributed by atoms with E-state index in [1.165, 1.54) is 48.0 Å². The van der Waals surface area contributed by atoms with Crippen LogP contribution in [0.3, 0.4) is 0 Å². The van der Waals surface area contributed by atoms with Crippen LogP contribution >= 0.6 is 0 Å². The van der Waals surface area contributed by atoms with Crippen LogP contribution in [-0.4, -0.2) is 10.8 Å². The number of hydrogen-bond acceptors (Lipinski definition) is 1. The van der Waals surface area contributed by atoms with Gasteiger partial charge in [0.1, 0.15) is 5.84 Å². The van der Waals surface area contributed by atoms with Gasteiger partial charge in [-0.15, -0.1) is 0 Å². The van der Waals surface area contributed by atoms with Crippen LogP contribution in [0.4, 0.5) is 5.69 Å². The maximum Gasteiger partial charge on any atom is 0.129 e. The van der Waals surface area contributed by atoms with E-state index in [-0.39, 0.29) is 0 Å². The van der Waals surface area contributed by atoms with E-state index < -0.39 is 0 Å². The van der Waals surface area contributed by atoms with Crippen LogP contribution in [0.25, 0.3) is 18.7 Å². The maximum absolute atomic E-state index is 4.59. The van der Waals surface area contributed by atoms with Crippen LogP contribution in [-0.2, 0) is 0 Å². The van der Waals surface area contributed by atoms with Gasteiger partial charge in [0.15, 0.2) is 0 Å². The molecule has 1 heterocycles. The van der Waals surface area contributed by atoms with Crippen molar-refractivity contribution in [1.29, 1.82) is 0 Å². The van der Waals surface area contributed by atoms with Crippen molar-refractivity contribution in [1.82, 2.24) is 4.98 Å². The van der Waals surface area contributed by atoms with Gasteiger partial charge >= 0.3 is 0 Å². The quantitative estimate of drug-likeness (QED) is 0.153. The van der Waals surface area contributed by atoms with Crippen molar-refractivity contribution in [3.8, 4) is 0 Å². The Morgan fingerprint density at radius 2 is 1.75 bits per heavy atom. The van der Waals surface area contributed by atoms with E-state index in [9.17, 15) is 0 Å². The molecule has 0 amide bonds. The van der Waals surface area contributed by atoms with Crippen LogP contribution in [0.15, 0.2) is 58.3 Å². The molecule has 3 nitrogen and oxygen atoms in total. The number of nitrogens with one attached hydrogen (secondary N) is 2. The number of amidine groups is 1. The fourth-order valence-corrected chi connectivity index (χ4v) is 4.85. The Morgan fingerprint density at radius 1 is 1.03 bits per heavy atom. The molecule has 0 saturated heterocycles. The molecule has 2 N–H and O–H groups in total. The molecule has 0 radical (unpaired) electrons. The van der Waals surface area contributed by atoms with Crippen LogP contribution in [0.5, 0.6) is 0 Å². The van der Waals surface area contributed by atoms with Gasteiger partial charge in [-0.25, -0.2) is 4.99 Å². The van der Waals surface area contributed by atoms with E-state index in [0.717, 1.165) is 53.0 Å². The number of rotatable bonds is 14. The number of anilines is 1. The smallest absolute Gasteiger partial charge is 0.129 e. The molecule has 0 spiro atoms. The molecule has 198 valence electrons. The second-order valence-electron chi connectivity index (χ2n) is 9.40. The van der Waals surface area contributed by atoms with Crippen LogP contribution < -0.4 is 16.0 Å². The number of aliphatic imine (C=N–C) groups is 1. The Bertz CT molecular complexity index is 1100. The summed E-state index contributed by atoms with van der Waals surface area (Å²) in [6, 6.07) is 0. The Hall–Kier alpha value is -2.81. The molecule has 0 aliphatic heterocycles. The van der Waals surface area contributed by atoms with Crippen LogP contribution in [0.2, 0.25) is 0 Å². The first-order valence-electron chi connectivity index (χ1n) is 13.9. The standard InChI is InChI=1S/C33H51N3/c1-11-18-27(15-5)22-21-24(8)31(29(17-7)28(16-6)19-12-2)32-25(9)35-26(10)33(32)36-30(20-13-3)34-23-14-4/h13-14,17,19-20,23,27,35H,9-12,15-16,18,21-22H2,1-8H3,(H,34,36)/b20-13-,23-14-,28-19-,29-17+,31-24-. The molecule has 0 fully saturated rings. The van der Waals surface area contributed by atoms with Gasteiger partial charge in [0, 0.05) is 17.1 Å². The van der Waals surface area contributed by atoms with Gasteiger partial charge in [-0.2, -0.15) is 0 Å². The van der Waals surface area contributed by atoms with Gasteiger partial charge in [-0.3, -0.25) is 0 Å². The molecule has 1 rings (SSSR count). The van der Waals surface area contributed by atoms with Crippen molar-refractivity contribution in [2.45, 2.75) is 100 Å². The van der Waals surface area contributed by atoms with Gasteiger partial charge in [0.2, 0.25) is 0 Å². The number of nitrogens with zero attached hydrogens (tertiary/aromatic N) is 1. The molecule has 0 aliphatic rings. The maximum atomic E-state index is 4.59. The predicted octanol–water partition coefficient (Wildman–Crippen LogP) is 8.83. The van der Waals surface area contributed by atoms with Gasteiger partial charge in [-0.1, -0.05) is 90.0 Å². The van der Waals surface area contributed by atoms with E-state index in [1.54, 1.807) is 6.20 Å². The molecule has 1 unspecified atom stereocenters. The van der Waals surface area contributed by atoms with E-state index in [1.807, 2.05) is 32.1 Å². The average Bonchev–Trinajstić information content (AvgIpc) is 3.14. The van der Waals surface area contributed by atoms with Crippen LogP contribution in [0, 0.1) is 5.92 Å². The average molecular weight is 490 g/mol. The molecule has 0 aromatic carbocycles. The molecule has 36 heavy (non-hydrogen) atoms. The molecule has 0 saturated carbocycles. The second-order valence-corrected chi connectivity index (χ2v) is 9.40. The van der Waals surface area contributed by atoms with Crippen molar-refractivity contribution in [3.05, 3.63) is 69.6 Å². The van der Waals surface area contributed by atoms with E-state index in [0.29, 0.717) is 0 Å².